The van der Waals surface area contributed by atoms with Crippen molar-refractivity contribution in [3.8, 4) is 0 Å². The van der Waals surface area contributed by atoms with E-state index in [1.54, 1.807) is 6.07 Å². The van der Waals surface area contributed by atoms with E-state index in [4.69, 9.17) is 5.73 Å². The van der Waals surface area contributed by atoms with Crippen molar-refractivity contribution in [2.45, 2.75) is 25.1 Å². The van der Waals surface area contributed by atoms with Gasteiger partial charge in [-0.25, -0.2) is 13.1 Å². The fraction of sp³-hybridized carbons (Fsp3) is 0.455. The number of nitro benzene ring substituents is 1. The Morgan fingerprint density at radius 1 is 1.42 bits per heavy atom. The number of rotatable bonds is 7. The molecule has 0 aliphatic carbocycles. The van der Waals surface area contributed by atoms with Crippen LogP contribution in [-0.2, 0) is 15.8 Å². The highest BCUT2D eigenvalue weighted by molar-refractivity contribution is 7.88. The van der Waals surface area contributed by atoms with E-state index in [-0.39, 0.29) is 23.8 Å². The van der Waals surface area contributed by atoms with E-state index in [0.29, 0.717) is 6.42 Å². The van der Waals surface area contributed by atoms with Crippen molar-refractivity contribution in [3.05, 3.63) is 39.9 Å². The van der Waals surface area contributed by atoms with Crippen molar-refractivity contribution < 1.29 is 13.3 Å². The SMILES string of the molecule is CCC(N)CNS(=O)(=O)Cc1ccccc1[N+](=O)[O-]. The van der Waals surface area contributed by atoms with Gasteiger partial charge in [-0.1, -0.05) is 25.1 Å². The van der Waals surface area contributed by atoms with Gasteiger partial charge >= 0.3 is 0 Å². The zero-order valence-electron chi connectivity index (χ0n) is 10.6. The highest BCUT2D eigenvalue weighted by Crippen LogP contribution is 2.19. The largest absolute Gasteiger partial charge is 0.327 e. The fourth-order valence-corrected chi connectivity index (χ4v) is 2.67. The number of sulfonamides is 1. The third-order valence-corrected chi connectivity index (χ3v) is 3.92. The molecule has 1 atom stereocenters. The Morgan fingerprint density at radius 3 is 2.63 bits per heavy atom. The van der Waals surface area contributed by atoms with Crippen LogP contribution in [0.15, 0.2) is 24.3 Å². The van der Waals surface area contributed by atoms with E-state index in [1.165, 1.54) is 18.2 Å². The molecule has 0 aromatic heterocycles. The zero-order valence-corrected chi connectivity index (χ0v) is 11.4. The van der Waals surface area contributed by atoms with Crippen LogP contribution < -0.4 is 10.5 Å². The van der Waals surface area contributed by atoms with E-state index in [2.05, 4.69) is 4.72 Å². The summed E-state index contributed by atoms with van der Waals surface area (Å²) in [5, 5.41) is 10.8. The molecule has 0 bridgehead atoms. The van der Waals surface area contributed by atoms with Gasteiger partial charge in [0.15, 0.2) is 0 Å². The predicted octanol–water partition coefficient (Wildman–Crippen LogP) is 0.752. The first kappa shape index (κ1) is 15.5. The topological polar surface area (TPSA) is 115 Å². The first-order chi connectivity index (χ1) is 8.85. The molecule has 1 unspecified atom stereocenters. The summed E-state index contributed by atoms with van der Waals surface area (Å²) >= 11 is 0. The minimum Gasteiger partial charge on any atom is -0.327 e. The lowest BCUT2D eigenvalue weighted by molar-refractivity contribution is -0.385. The van der Waals surface area contributed by atoms with E-state index in [1.807, 2.05) is 6.92 Å². The van der Waals surface area contributed by atoms with Gasteiger partial charge in [0.25, 0.3) is 5.69 Å². The molecule has 0 fully saturated rings. The van der Waals surface area contributed by atoms with Crippen molar-refractivity contribution in [1.29, 1.82) is 0 Å². The number of hydrogen-bond donors (Lipinski definition) is 2. The normalized spacial score (nSPS) is 13.2. The molecule has 0 aliphatic heterocycles. The van der Waals surface area contributed by atoms with E-state index >= 15 is 0 Å². The number of para-hydroxylation sites is 1. The molecule has 1 aromatic carbocycles. The maximum Gasteiger partial charge on any atom is 0.273 e. The molecule has 1 aromatic rings. The molecule has 0 saturated heterocycles. The maximum atomic E-state index is 11.8. The average Bonchev–Trinajstić information content (AvgIpc) is 2.36. The van der Waals surface area contributed by atoms with Crippen LogP contribution in [0.4, 0.5) is 5.69 Å². The van der Waals surface area contributed by atoms with Gasteiger partial charge in [-0.05, 0) is 6.42 Å². The van der Waals surface area contributed by atoms with Crippen LogP contribution in [0.25, 0.3) is 0 Å². The quantitative estimate of drug-likeness (QED) is 0.567. The second-order valence-corrected chi connectivity index (χ2v) is 5.97. The molecule has 3 N–H and O–H groups in total. The summed E-state index contributed by atoms with van der Waals surface area (Å²) in [6.07, 6.45) is 0.647. The minimum absolute atomic E-state index is 0.124. The Morgan fingerprint density at radius 2 is 2.05 bits per heavy atom. The number of nitrogens with two attached hydrogens (primary N) is 1. The number of hydrogen-bond acceptors (Lipinski definition) is 5. The van der Waals surface area contributed by atoms with Crippen molar-refractivity contribution in [3.63, 3.8) is 0 Å². The molecule has 0 heterocycles. The highest BCUT2D eigenvalue weighted by Gasteiger charge is 2.19. The lowest BCUT2D eigenvalue weighted by Gasteiger charge is -2.11. The molecule has 8 heteroatoms. The van der Waals surface area contributed by atoms with Crippen molar-refractivity contribution in [2.75, 3.05) is 6.54 Å². The molecule has 1 rings (SSSR count). The number of nitro groups is 1. The summed E-state index contributed by atoms with van der Waals surface area (Å²) in [6, 6.07) is 5.50. The van der Waals surface area contributed by atoms with Crippen molar-refractivity contribution in [2.24, 2.45) is 5.73 Å². The second kappa shape index (κ2) is 6.60. The Kier molecular flexibility index (Phi) is 5.40. The molecule has 0 spiro atoms. The van der Waals surface area contributed by atoms with Crippen LogP contribution in [-0.4, -0.2) is 25.9 Å². The molecule has 0 radical (unpaired) electrons. The summed E-state index contributed by atoms with van der Waals surface area (Å²) < 4.78 is 26.0. The van der Waals surface area contributed by atoms with Gasteiger partial charge in [-0.15, -0.1) is 0 Å². The van der Waals surface area contributed by atoms with Crippen LogP contribution in [0, 0.1) is 10.1 Å². The zero-order chi connectivity index (χ0) is 14.5. The molecule has 106 valence electrons. The third-order valence-electron chi connectivity index (χ3n) is 2.62. The lowest BCUT2D eigenvalue weighted by Crippen LogP contribution is -2.37. The van der Waals surface area contributed by atoms with Crippen LogP contribution in [0.3, 0.4) is 0 Å². The standard InChI is InChI=1S/C11H17N3O4S/c1-2-10(12)7-13-19(17,18)8-9-5-3-4-6-11(9)14(15)16/h3-6,10,13H,2,7-8,12H2,1H3. The Labute approximate surface area is 112 Å². The van der Waals surface area contributed by atoms with Crippen LogP contribution in [0.1, 0.15) is 18.9 Å². The number of nitrogens with zero attached hydrogens (tertiary/aromatic N) is 1. The highest BCUT2D eigenvalue weighted by atomic mass is 32.2. The van der Waals surface area contributed by atoms with Gasteiger partial charge in [0, 0.05) is 24.2 Å². The Bertz CT molecular complexity index is 545. The summed E-state index contributed by atoms with van der Waals surface area (Å²) in [7, 11) is -3.63. The molecule has 19 heavy (non-hydrogen) atoms. The molecular formula is C11H17N3O4S. The van der Waals surface area contributed by atoms with E-state index in [9.17, 15) is 18.5 Å². The van der Waals surface area contributed by atoms with Crippen LogP contribution in [0.5, 0.6) is 0 Å². The summed E-state index contributed by atoms with van der Waals surface area (Å²) in [4.78, 5) is 10.2. The van der Waals surface area contributed by atoms with Crippen LogP contribution >= 0.6 is 0 Å². The Hall–Kier alpha value is -1.51. The average molecular weight is 287 g/mol. The molecule has 7 nitrogen and oxygen atoms in total. The third kappa shape index (κ3) is 4.93. The van der Waals surface area contributed by atoms with Gasteiger partial charge in [0.2, 0.25) is 10.0 Å². The van der Waals surface area contributed by atoms with Crippen molar-refractivity contribution >= 4 is 15.7 Å². The Balaban J connectivity index is 2.81. The lowest BCUT2D eigenvalue weighted by atomic mass is 10.2. The summed E-state index contributed by atoms with van der Waals surface area (Å²) in [5.41, 5.74) is 5.57. The molecule has 0 saturated carbocycles. The maximum absolute atomic E-state index is 11.8. The fourth-order valence-electron chi connectivity index (χ4n) is 1.45. The van der Waals surface area contributed by atoms with E-state index < -0.39 is 20.7 Å². The first-order valence-electron chi connectivity index (χ1n) is 5.81. The summed E-state index contributed by atoms with van der Waals surface area (Å²) in [6.45, 7) is 1.97. The van der Waals surface area contributed by atoms with Gasteiger partial charge in [-0.2, -0.15) is 0 Å². The van der Waals surface area contributed by atoms with Crippen molar-refractivity contribution in [1.82, 2.24) is 4.72 Å². The van der Waals surface area contributed by atoms with Gasteiger partial charge in [0.05, 0.1) is 10.7 Å². The predicted molar refractivity (Wildman–Crippen MR) is 72.0 cm³/mol. The summed E-state index contributed by atoms with van der Waals surface area (Å²) in [5.74, 6) is -0.430. The number of benzene rings is 1. The van der Waals surface area contributed by atoms with Gasteiger partial charge in [0.1, 0.15) is 0 Å². The molecule has 0 aliphatic rings. The van der Waals surface area contributed by atoms with E-state index in [0.717, 1.165) is 0 Å². The smallest absolute Gasteiger partial charge is 0.273 e. The minimum atomic E-state index is -3.63. The first-order valence-corrected chi connectivity index (χ1v) is 7.46. The van der Waals surface area contributed by atoms with Gasteiger partial charge in [-0.3, -0.25) is 10.1 Å². The van der Waals surface area contributed by atoms with Crippen LogP contribution in [0.2, 0.25) is 0 Å². The monoisotopic (exact) mass is 287 g/mol. The number of nitrogens with one attached hydrogen (secondary N) is 1. The second-order valence-electron chi connectivity index (χ2n) is 4.16. The molecule has 0 amide bonds. The van der Waals surface area contributed by atoms with Gasteiger partial charge < -0.3 is 5.73 Å². The molecular weight excluding hydrogens is 270 g/mol.